The molecule has 2 rings (SSSR count). The van der Waals surface area contributed by atoms with E-state index in [0.717, 1.165) is 12.1 Å². The summed E-state index contributed by atoms with van der Waals surface area (Å²) in [4.78, 5) is 10.7. The number of nitrogens with two attached hydrogens (primary N) is 1. The number of hydrogen-bond donors (Lipinski definition) is 3. The van der Waals surface area contributed by atoms with Crippen LogP contribution in [-0.4, -0.2) is 11.1 Å². The van der Waals surface area contributed by atoms with E-state index in [1.807, 2.05) is 0 Å². The van der Waals surface area contributed by atoms with Crippen molar-refractivity contribution in [2.75, 3.05) is 11.1 Å². The Bertz CT molecular complexity index is 692. The highest BCUT2D eigenvalue weighted by Gasteiger charge is 2.18. The third-order valence-corrected chi connectivity index (χ3v) is 2.90. The maximum Gasteiger partial charge on any atom is 0.338 e. The highest BCUT2D eigenvalue weighted by molar-refractivity contribution is 6.33. The number of carbonyl (C=O) groups is 1. The molecule has 4 N–H and O–H groups in total. The first-order valence-corrected chi connectivity index (χ1v) is 5.81. The van der Waals surface area contributed by atoms with Gasteiger partial charge in [0.2, 0.25) is 0 Å². The molecule has 0 radical (unpaired) electrons. The second-order valence-corrected chi connectivity index (χ2v) is 4.37. The number of nitrogens with one attached hydrogen (secondary N) is 1. The lowest BCUT2D eigenvalue weighted by atomic mass is 10.1. The van der Waals surface area contributed by atoms with Crippen LogP contribution in [0.4, 0.5) is 25.8 Å². The van der Waals surface area contributed by atoms with Crippen molar-refractivity contribution in [1.82, 2.24) is 0 Å². The molecule has 2 aromatic rings. The summed E-state index contributed by atoms with van der Waals surface area (Å²) in [6.07, 6.45) is 0. The minimum absolute atomic E-state index is 0.236. The van der Waals surface area contributed by atoms with Crippen LogP contribution in [0.15, 0.2) is 30.3 Å². The molecule has 0 spiro atoms. The van der Waals surface area contributed by atoms with Crippen molar-refractivity contribution < 1.29 is 18.7 Å². The van der Waals surface area contributed by atoms with Crippen molar-refractivity contribution in [3.8, 4) is 0 Å². The Morgan fingerprint density at radius 3 is 2.50 bits per heavy atom. The third-order valence-electron chi connectivity index (χ3n) is 2.57. The molecule has 20 heavy (non-hydrogen) atoms. The van der Waals surface area contributed by atoms with Crippen LogP contribution in [-0.2, 0) is 0 Å². The van der Waals surface area contributed by atoms with Gasteiger partial charge in [0, 0.05) is 5.69 Å². The van der Waals surface area contributed by atoms with Gasteiger partial charge < -0.3 is 16.2 Å². The molecule has 0 bridgehead atoms. The zero-order valence-electron chi connectivity index (χ0n) is 9.95. The number of rotatable bonds is 3. The molecule has 0 aliphatic carbocycles. The van der Waals surface area contributed by atoms with Crippen LogP contribution in [0.3, 0.4) is 0 Å². The van der Waals surface area contributed by atoms with Crippen molar-refractivity contribution in [1.29, 1.82) is 0 Å². The minimum Gasteiger partial charge on any atom is -0.478 e. The van der Waals surface area contributed by atoms with E-state index in [2.05, 4.69) is 5.32 Å². The number of nitrogen functional groups attached to an aromatic ring is 1. The van der Waals surface area contributed by atoms with Crippen molar-refractivity contribution in [2.24, 2.45) is 0 Å². The average molecular weight is 299 g/mol. The number of hydrogen-bond acceptors (Lipinski definition) is 3. The molecule has 0 aromatic heterocycles. The summed E-state index contributed by atoms with van der Waals surface area (Å²) in [5.41, 5.74) is 5.26. The standard InChI is InChI=1S/C13H9ClF2N2O2/c14-8-3-1-6(17)5-10(8)18-9-4-2-7(13(19)20)11(15)12(9)16/h1-5,18H,17H2,(H,19,20). The minimum atomic E-state index is -1.55. The Balaban J connectivity index is 2.42. The highest BCUT2D eigenvalue weighted by Crippen LogP contribution is 2.30. The van der Waals surface area contributed by atoms with Crippen LogP contribution < -0.4 is 11.1 Å². The molecule has 0 heterocycles. The lowest BCUT2D eigenvalue weighted by Crippen LogP contribution is -2.05. The van der Waals surface area contributed by atoms with Gasteiger partial charge >= 0.3 is 5.97 Å². The van der Waals surface area contributed by atoms with Gasteiger partial charge in [0.25, 0.3) is 0 Å². The zero-order chi connectivity index (χ0) is 14.9. The van der Waals surface area contributed by atoms with Crippen molar-refractivity contribution in [3.63, 3.8) is 0 Å². The first-order valence-electron chi connectivity index (χ1n) is 5.43. The fourth-order valence-electron chi connectivity index (χ4n) is 1.59. The molecule has 0 aliphatic rings. The van der Waals surface area contributed by atoms with E-state index < -0.39 is 23.2 Å². The zero-order valence-corrected chi connectivity index (χ0v) is 10.7. The van der Waals surface area contributed by atoms with Gasteiger partial charge in [0.1, 0.15) is 0 Å². The van der Waals surface area contributed by atoms with Crippen molar-refractivity contribution in [3.05, 3.63) is 52.6 Å². The Kier molecular flexibility index (Phi) is 3.76. The second kappa shape index (κ2) is 5.34. The Morgan fingerprint density at radius 1 is 1.15 bits per heavy atom. The quantitative estimate of drug-likeness (QED) is 0.756. The predicted molar refractivity (Wildman–Crippen MR) is 72.5 cm³/mol. The summed E-state index contributed by atoms with van der Waals surface area (Å²) in [6, 6.07) is 6.58. The van der Waals surface area contributed by atoms with Gasteiger partial charge in [0.05, 0.1) is 22.0 Å². The van der Waals surface area contributed by atoms with Crippen LogP contribution in [0.5, 0.6) is 0 Å². The van der Waals surface area contributed by atoms with Gasteiger partial charge in [-0.25, -0.2) is 13.6 Å². The smallest absolute Gasteiger partial charge is 0.338 e. The van der Waals surface area contributed by atoms with E-state index in [0.29, 0.717) is 5.69 Å². The molecule has 0 fully saturated rings. The van der Waals surface area contributed by atoms with Crippen LogP contribution >= 0.6 is 11.6 Å². The number of anilines is 3. The Morgan fingerprint density at radius 2 is 1.85 bits per heavy atom. The first-order chi connectivity index (χ1) is 9.40. The largest absolute Gasteiger partial charge is 0.478 e. The molecule has 0 saturated carbocycles. The SMILES string of the molecule is Nc1ccc(Cl)c(Nc2ccc(C(=O)O)c(F)c2F)c1. The maximum absolute atomic E-state index is 13.8. The molecular formula is C13H9ClF2N2O2. The summed E-state index contributed by atoms with van der Waals surface area (Å²) in [7, 11) is 0. The van der Waals surface area contributed by atoms with Crippen LogP contribution in [0.2, 0.25) is 5.02 Å². The van der Waals surface area contributed by atoms with Gasteiger partial charge in [-0.2, -0.15) is 0 Å². The van der Waals surface area contributed by atoms with E-state index in [1.54, 1.807) is 6.07 Å². The van der Waals surface area contributed by atoms with Crippen LogP contribution in [0.25, 0.3) is 0 Å². The molecule has 0 saturated heterocycles. The fraction of sp³-hybridized carbons (Fsp3) is 0. The lowest BCUT2D eigenvalue weighted by molar-refractivity contribution is 0.0690. The summed E-state index contributed by atoms with van der Waals surface area (Å²) in [5.74, 6) is -4.29. The second-order valence-electron chi connectivity index (χ2n) is 3.96. The van der Waals surface area contributed by atoms with Gasteiger partial charge in [-0.3, -0.25) is 0 Å². The first kappa shape index (κ1) is 14.1. The normalized spacial score (nSPS) is 10.3. The molecule has 2 aromatic carbocycles. The number of aromatic carboxylic acids is 1. The summed E-state index contributed by atoms with van der Waals surface area (Å²) >= 11 is 5.89. The molecule has 0 amide bonds. The molecule has 0 unspecified atom stereocenters. The molecular weight excluding hydrogens is 290 g/mol. The number of carboxylic acids is 1. The highest BCUT2D eigenvalue weighted by atomic mass is 35.5. The molecule has 0 atom stereocenters. The number of benzene rings is 2. The number of carboxylic acid groups (broad SMARTS) is 1. The average Bonchev–Trinajstić information content (AvgIpc) is 2.39. The van der Waals surface area contributed by atoms with E-state index in [9.17, 15) is 13.6 Å². The topological polar surface area (TPSA) is 75.3 Å². The molecule has 7 heteroatoms. The van der Waals surface area contributed by atoms with E-state index >= 15 is 0 Å². The number of halogens is 3. The Labute approximate surface area is 117 Å². The van der Waals surface area contributed by atoms with Crippen LogP contribution in [0, 0.1) is 11.6 Å². The third kappa shape index (κ3) is 2.65. The van der Waals surface area contributed by atoms with Gasteiger partial charge in [-0.1, -0.05) is 11.6 Å². The van der Waals surface area contributed by atoms with Crippen LogP contribution in [0.1, 0.15) is 10.4 Å². The van der Waals surface area contributed by atoms with Gasteiger partial charge in [-0.15, -0.1) is 0 Å². The van der Waals surface area contributed by atoms with Gasteiger partial charge in [0.15, 0.2) is 11.6 Å². The monoisotopic (exact) mass is 298 g/mol. The Hall–Kier alpha value is -2.34. The summed E-state index contributed by atoms with van der Waals surface area (Å²) in [5, 5.41) is 11.5. The fourth-order valence-corrected chi connectivity index (χ4v) is 1.76. The van der Waals surface area contributed by atoms with E-state index in [-0.39, 0.29) is 16.4 Å². The predicted octanol–water partition coefficient (Wildman–Crippen LogP) is 3.64. The maximum atomic E-state index is 13.8. The summed E-state index contributed by atoms with van der Waals surface area (Å²) in [6.45, 7) is 0. The lowest BCUT2D eigenvalue weighted by Gasteiger charge is -2.11. The molecule has 104 valence electrons. The van der Waals surface area contributed by atoms with Crippen molar-refractivity contribution >= 4 is 34.6 Å². The molecule has 4 nitrogen and oxygen atoms in total. The van der Waals surface area contributed by atoms with E-state index in [1.165, 1.54) is 12.1 Å². The van der Waals surface area contributed by atoms with E-state index in [4.69, 9.17) is 22.4 Å². The summed E-state index contributed by atoms with van der Waals surface area (Å²) < 4.78 is 27.3. The molecule has 0 aliphatic heterocycles. The van der Waals surface area contributed by atoms with Crippen molar-refractivity contribution in [2.45, 2.75) is 0 Å². The van der Waals surface area contributed by atoms with Gasteiger partial charge in [-0.05, 0) is 30.3 Å².